The van der Waals surface area contributed by atoms with Gasteiger partial charge in [0.05, 0.1) is 22.3 Å². The third-order valence-corrected chi connectivity index (χ3v) is 7.80. The molecular formula is C31H18N2S. The molecule has 0 aliphatic heterocycles. The zero-order chi connectivity index (χ0) is 22.6. The second kappa shape index (κ2) is 7.31. The van der Waals surface area contributed by atoms with E-state index >= 15 is 0 Å². The van der Waals surface area contributed by atoms with E-state index < -0.39 is 0 Å². The van der Waals surface area contributed by atoms with Crippen LogP contribution >= 0.6 is 11.3 Å². The van der Waals surface area contributed by atoms with Crippen LogP contribution in [0.25, 0.3) is 58.8 Å². The highest BCUT2D eigenvalue weighted by Gasteiger charge is 2.18. The van der Waals surface area contributed by atoms with Crippen molar-refractivity contribution < 1.29 is 0 Å². The minimum absolute atomic E-state index is 0.683. The quantitative estimate of drug-likeness (QED) is 0.259. The molecule has 5 aromatic carbocycles. The highest BCUT2D eigenvalue weighted by atomic mass is 32.1. The van der Waals surface area contributed by atoms with Crippen LogP contribution in [0.4, 0.5) is 0 Å². The summed E-state index contributed by atoms with van der Waals surface area (Å²) >= 11 is 1.83. The van der Waals surface area contributed by atoms with Crippen molar-refractivity contribution in [3.63, 3.8) is 0 Å². The van der Waals surface area contributed by atoms with E-state index in [0.29, 0.717) is 5.56 Å². The number of hydrogen-bond acceptors (Lipinski definition) is 2. The molecule has 0 amide bonds. The maximum atomic E-state index is 9.95. The fourth-order valence-electron chi connectivity index (χ4n) is 5.17. The summed E-state index contributed by atoms with van der Waals surface area (Å²) in [5, 5.41) is 14.8. The van der Waals surface area contributed by atoms with Gasteiger partial charge in [-0.3, -0.25) is 0 Å². The van der Waals surface area contributed by atoms with Gasteiger partial charge in [0.15, 0.2) is 0 Å². The van der Waals surface area contributed by atoms with Crippen molar-refractivity contribution in [2.75, 3.05) is 0 Å². The number of nitrogens with zero attached hydrogens (tertiary/aromatic N) is 2. The topological polar surface area (TPSA) is 28.7 Å². The van der Waals surface area contributed by atoms with Crippen molar-refractivity contribution in [2.24, 2.45) is 0 Å². The largest absolute Gasteiger partial charge is 0.307 e. The Labute approximate surface area is 200 Å². The predicted molar refractivity (Wildman–Crippen MR) is 144 cm³/mol. The van der Waals surface area contributed by atoms with Crippen LogP contribution in [0.5, 0.6) is 0 Å². The van der Waals surface area contributed by atoms with Crippen LogP contribution in [0.3, 0.4) is 0 Å². The lowest BCUT2D eigenvalue weighted by Gasteiger charge is -2.14. The smallest absolute Gasteiger partial charge is 0.101 e. The molecule has 7 aromatic rings. The van der Waals surface area contributed by atoms with E-state index in [-0.39, 0.29) is 0 Å². The molecule has 0 unspecified atom stereocenters. The van der Waals surface area contributed by atoms with E-state index in [4.69, 9.17) is 0 Å². The second-order valence-corrected chi connectivity index (χ2v) is 9.58. The first-order valence-electron chi connectivity index (χ1n) is 11.3. The molecule has 0 atom stereocenters. The molecule has 0 saturated carbocycles. The van der Waals surface area contributed by atoms with Gasteiger partial charge in [0.1, 0.15) is 6.07 Å². The number of nitriles is 1. The molecule has 0 fully saturated rings. The number of benzene rings is 5. The number of aromatic nitrogens is 1. The average molecular weight is 451 g/mol. The lowest BCUT2D eigenvalue weighted by Crippen LogP contribution is -1.98. The predicted octanol–water partition coefficient (Wildman–Crippen LogP) is 8.69. The normalized spacial score (nSPS) is 11.5. The Kier molecular flexibility index (Phi) is 4.11. The van der Waals surface area contributed by atoms with E-state index in [0.717, 1.165) is 33.1 Å². The van der Waals surface area contributed by atoms with Crippen LogP contribution in [0.1, 0.15) is 5.56 Å². The van der Waals surface area contributed by atoms with Gasteiger partial charge in [0.25, 0.3) is 0 Å². The summed E-state index contributed by atoms with van der Waals surface area (Å²) in [4.78, 5) is 0. The average Bonchev–Trinajstić information content (AvgIpc) is 3.44. The minimum atomic E-state index is 0.683. The van der Waals surface area contributed by atoms with E-state index in [1.54, 1.807) is 0 Å². The van der Waals surface area contributed by atoms with Gasteiger partial charge in [0.2, 0.25) is 0 Å². The molecule has 0 radical (unpaired) electrons. The van der Waals surface area contributed by atoms with Crippen molar-refractivity contribution in [2.45, 2.75) is 0 Å². The highest BCUT2D eigenvalue weighted by molar-refractivity contribution is 7.25. The minimum Gasteiger partial charge on any atom is -0.307 e. The van der Waals surface area contributed by atoms with Gasteiger partial charge >= 0.3 is 0 Å². The summed E-state index contributed by atoms with van der Waals surface area (Å²) in [6, 6.07) is 40.7. The third kappa shape index (κ3) is 2.67. The van der Waals surface area contributed by atoms with Gasteiger partial charge in [-0.15, -0.1) is 11.3 Å². The van der Waals surface area contributed by atoms with Crippen LogP contribution in [0.15, 0.2) is 109 Å². The molecule has 7 rings (SSSR count). The fraction of sp³-hybridized carbons (Fsp3) is 0. The van der Waals surface area contributed by atoms with Gasteiger partial charge < -0.3 is 4.57 Å². The van der Waals surface area contributed by atoms with Crippen LogP contribution < -0.4 is 0 Å². The molecule has 158 valence electrons. The molecule has 3 heteroatoms. The van der Waals surface area contributed by atoms with Gasteiger partial charge in [0, 0.05) is 36.5 Å². The van der Waals surface area contributed by atoms with Crippen LogP contribution in [0.2, 0.25) is 0 Å². The highest BCUT2D eigenvalue weighted by Crippen LogP contribution is 2.40. The fourth-order valence-corrected chi connectivity index (χ4v) is 6.25. The molecule has 34 heavy (non-hydrogen) atoms. The van der Waals surface area contributed by atoms with E-state index in [1.165, 1.54) is 25.7 Å². The molecule has 0 spiro atoms. The summed E-state index contributed by atoms with van der Waals surface area (Å²) in [5.74, 6) is 0. The number of rotatable bonds is 2. The zero-order valence-corrected chi connectivity index (χ0v) is 19.0. The molecule has 0 aliphatic rings. The lowest BCUT2D eigenvalue weighted by molar-refractivity contribution is 1.18. The standard InChI is InChI=1S/C31H18N2S/c32-19-21-8-7-12-25-23-10-2-5-14-28(23)33(31(21)25)27-13-4-1-9-22(27)20-16-17-30-26(18-20)24-11-3-6-15-29(24)34-30/h1-18H. The Morgan fingerprint density at radius 2 is 1.35 bits per heavy atom. The number of hydrogen-bond donors (Lipinski definition) is 0. The van der Waals surface area contributed by atoms with Gasteiger partial charge in [-0.1, -0.05) is 72.8 Å². The Morgan fingerprint density at radius 1 is 0.618 bits per heavy atom. The number of para-hydroxylation sites is 3. The van der Waals surface area contributed by atoms with Crippen molar-refractivity contribution in [1.82, 2.24) is 4.57 Å². The maximum Gasteiger partial charge on any atom is 0.101 e. The SMILES string of the molecule is N#Cc1cccc2c3ccccc3n(-c3ccccc3-c3ccc4sc5ccccc5c4c3)c12. The monoisotopic (exact) mass is 450 g/mol. The molecule has 2 heterocycles. The maximum absolute atomic E-state index is 9.95. The van der Waals surface area contributed by atoms with Crippen LogP contribution in [-0.2, 0) is 0 Å². The summed E-state index contributed by atoms with van der Waals surface area (Å²) in [6.45, 7) is 0. The van der Waals surface area contributed by atoms with Gasteiger partial charge in [-0.25, -0.2) is 0 Å². The molecule has 2 nitrogen and oxygen atoms in total. The van der Waals surface area contributed by atoms with Gasteiger partial charge in [-0.05, 0) is 42.0 Å². The first-order valence-corrected chi connectivity index (χ1v) is 12.1. The first-order chi connectivity index (χ1) is 16.8. The summed E-state index contributed by atoms with van der Waals surface area (Å²) in [5.41, 5.74) is 6.15. The van der Waals surface area contributed by atoms with E-state index in [9.17, 15) is 5.26 Å². The lowest BCUT2D eigenvalue weighted by atomic mass is 10.0. The Bertz CT molecular complexity index is 1930. The van der Waals surface area contributed by atoms with Crippen molar-refractivity contribution in [3.8, 4) is 22.9 Å². The van der Waals surface area contributed by atoms with Crippen molar-refractivity contribution >= 4 is 53.3 Å². The van der Waals surface area contributed by atoms with Gasteiger partial charge in [-0.2, -0.15) is 5.26 Å². The molecule has 0 N–H and O–H groups in total. The summed E-state index contributed by atoms with van der Waals surface area (Å²) in [6.07, 6.45) is 0. The third-order valence-electron chi connectivity index (χ3n) is 6.65. The van der Waals surface area contributed by atoms with Crippen LogP contribution in [-0.4, -0.2) is 4.57 Å². The number of thiophene rings is 1. The van der Waals surface area contributed by atoms with E-state index in [2.05, 4.69) is 108 Å². The van der Waals surface area contributed by atoms with Crippen LogP contribution in [0, 0.1) is 11.3 Å². The molecule has 0 aliphatic carbocycles. The Balaban J connectivity index is 1.57. The molecule has 0 bridgehead atoms. The van der Waals surface area contributed by atoms with E-state index in [1.807, 2.05) is 23.5 Å². The molecule has 2 aromatic heterocycles. The second-order valence-electron chi connectivity index (χ2n) is 8.49. The Morgan fingerprint density at radius 3 is 2.26 bits per heavy atom. The molecular weight excluding hydrogens is 432 g/mol. The zero-order valence-electron chi connectivity index (χ0n) is 18.2. The Hall–Kier alpha value is -4.39. The van der Waals surface area contributed by atoms with Crippen molar-refractivity contribution in [1.29, 1.82) is 5.26 Å². The van der Waals surface area contributed by atoms with Crippen molar-refractivity contribution in [3.05, 3.63) is 115 Å². The number of fused-ring (bicyclic) bond motifs is 6. The summed E-state index contributed by atoms with van der Waals surface area (Å²) < 4.78 is 4.86. The molecule has 0 saturated heterocycles. The first kappa shape index (κ1) is 19.1. The summed E-state index contributed by atoms with van der Waals surface area (Å²) in [7, 11) is 0.